The molecule has 0 radical (unpaired) electrons. The predicted molar refractivity (Wildman–Crippen MR) is 77.7 cm³/mol. The number of likely N-dealkylation sites (N-methyl/N-ethyl adjacent to an activating group) is 1. The first-order chi connectivity index (χ1) is 8.84. The summed E-state index contributed by atoms with van der Waals surface area (Å²) >= 11 is 0. The van der Waals surface area contributed by atoms with Crippen LogP contribution in [0.2, 0.25) is 0 Å². The minimum absolute atomic E-state index is 0.181. The Morgan fingerprint density at radius 3 is 2.68 bits per heavy atom. The van der Waals surface area contributed by atoms with Crippen molar-refractivity contribution in [3.63, 3.8) is 0 Å². The van der Waals surface area contributed by atoms with E-state index in [0.29, 0.717) is 0 Å². The second kappa shape index (κ2) is 4.85. The molecular weight excluding hydrogens is 238 g/mol. The SMILES string of the molecule is Cc1c(N)cccc1CN1CCN(C)C(=O)C1(C)C. The molecule has 1 heterocycles. The molecule has 1 saturated heterocycles. The van der Waals surface area contributed by atoms with E-state index < -0.39 is 5.54 Å². The molecule has 0 unspecified atom stereocenters. The maximum Gasteiger partial charge on any atom is 0.242 e. The molecule has 19 heavy (non-hydrogen) atoms. The summed E-state index contributed by atoms with van der Waals surface area (Å²) in [6, 6.07) is 5.98. The van der Waals surface area contributed by atoms with Gasteiger partial charge >= 0.3 is 0 Å². The van der Waals surface area contributed by atoms with E-state index in [2.05, 4.69) is 11.0 Å². The fourth-order valence-electron chi connectivity index (χ4n) is 2.61. The van der Waals surface area contributed by atoms with Gasteiger partial charge in [-0.3, -0.25) is 9.69 Å². The molecule has 4 nitrogen and oxygen atoms in total. The van der Waals surface area contributed by atoms with E-state index >= 15 is 0 Å². The lowest BCUT2D eigenvalue weighted by atomic mass is 9.96. The number of anilines is 1. The van der Waals surface area contributed by atoms with Crippen LogP contribution < -0.4 is 5.73 Å². The Morgan fingerprint density at radius 1 is 1.32 bits per heavy atom. The first kappa shape index (κ1) is 13.9. The molecule has 2 N–H and O–H groups in total. The minimum atomic E-state index is -0.454. The van der Waals surface area contributed by atoms with Crippen molar-refractivity contribution in [1.29, 1.82) is 0 Å². The lowest BCUT2D eigenvalue weighted by molar-refractivity contribution is -0.147. The number of amides is 1. The van der Waals surface area contributed by atoms with Crippen LogP contribution >= 0.6 is 0 Å². The highest BCUT2D eigenvalue weighted by atomic mass is 16.2. The summed E-state index contributed by atoms with van der Waals surface area (Å²) in [7, 11) is 1.87. The number of carbonyl (C=O) groups excluding carboxylic acids is 1. The summed E-state index contributed by atoms with van der Waals surface area (Å²) in [5, 5.41) is 0. The Hall–Kier alpha value is -1.55. The Labute approximate surface area is 115 Å². The number of nitrogens with zero attached hydrogens (tertiary/aromatic N) is 2. The maximum atomic E-state index is 12.3. The molecule has 0 atom stereocenters. The molecule has 1 fully saturated rings. The molecule has 1 aromatic carbocycles. The van der Waals surface area contributed by atoms with Gasteiger partial charge in [-0.2, -0.15) is 0 Å². The average molecular weight is 261 g/mol. The zero-order valence-electron chi connectivity index (χ0n) is 12.2. The van der Waals surface area contributed by atoms with Crippen molar-refractivity contribution in [1.82, 2.24) is 9.80 Å². The number of hydrogen-bond acceptors (Lipinski definition) is 3. The summed E-state index contributed by atoms with van der Waals surface area (Å²) in [5.41, 5.74) is 8.63. The Balaban J connectivity index is 2.23. The van der Waals surface area contributed by atoms with Crippen LogP contribution in [0.25, 0.3) is 0 Å². The minimum Gasteiger partial charge on any atom is -0.399 e. The van der Waals surface area contributed by atoms with Gasteiger partial charge in [0, 0.05) is 32.4 Å². The van der Waals surface area contributed by atoms with Crippen LogP contribution in [0.1, 0.15) is 25.0 Å². The Morgan fingerprint density at radius 2 is 2.00 bits per heavy atom. The van der Waals surface area contributed by atoms with Crippen LogP contribution in [0, 0.1) is 6.92 Å². The third-order valence-electron chi connectivity index (χ3n) is 4.22. The molecule has 1 aromatic rings. The lowest BCUT2D eigenvalue weighted by Crippen LogP contribution is -2.61. The maximum absolute atomic E-state index is 12.3. The molecule has 4 heteroatoms. The summed E-state index contributed by atoms with van der Waals surface area (Å²) in [6.07, 6.45) is 0. The summed E-state index contributed by atoms with van der Waals surface area (Å²) in [5.74, 6) is 0.181. The van der Waals surface area contributed by atoms with Crippen molar-refractivity contribution in [3.05, 3.63) is 29.3 Å². The van der Waals surface area contributed by atoms with Gasteiger partial charge in [-0.1, -0.05) is 12.1 Å². The van der Waals surface area contributed by atoms with E-state index in [-0.39, 0.29) is 5.91 Å². The quantitative estimate of drug-likeness (QED) is 0.823. The standard InChI is InChI=1S/C15H23N3O/c1-11-12(6-5-7-13(11)16)10-18-9-8-17(4)14(19)15(18,2)3/h5-7H,8-10,16H2,1-4H3. The molecule has 2 rings (SSSR count). The highest BCUT2D eigenvalue weighted by molar-refractivity contribution is 5.86. The van der Waals surface area contributed by atoms with Gasteiger partial charge in [-0.15, -0.1) is 0 Å². The van der Waals surface area contributed by atoms with Gasteiger partial charge in [0.25, 0.3) is 0 Å². The zero-order valence-corrected chi connectivity index (χ0v) is 12.2. The number of hydrogen-bond donors (Lipinski definition) is 1. The second-order valence-electron chi connectivity index (χ2n) is 5.84. The largest absolute Gasteiger partial charge is 0.399 e. The zero-order chi connectivity index (χ0) is 14.2. The van der Waals surface area contributed by atoms with Gasteiger partial charge < -0.3 is 10.6 Å². The fourth-order valence-corrected chi connectivity index (χ4v) is 2.61. The molecule has 0 spiro atoms. The van der Waals surface area contributed by atoms with E-state index in [1.807, 2.05) is 44.9 Å². The molecule has 1 aliphatic heterocycles. The van der Waals surface area contributed by atoms with Crippen LogP contribution in [0.15, 0.2) is 18.2 Å². The molecule has 1 amide bonds. The number of rotatable bonds is 2. The van der Waals surface area contributed by atoms with Gasteiger partial charge in [0.15, 0.2) is 0 Å². The topological polar surface area (TPSA) is 49.6 Å². The summed E-state index contributed by atoms with van der Waals surface area (Å²) < 4.78 is 0. The van der Waals surface area contributed by atoms with Crippen molar-refractivity contribution < 1.29 is 4.79 Å². The molecule has 0 bridgehead atoms. The van der Waals surface area contributed by atoms with Crippen LogP contribution in [-0.4, -0.2) is 41.4 Å². The normalized spacial score (nSPS) is 19.8. The highest BCUT2D eigenvalue weighted by Gasteiger charge is 2.40. The molecule has 1 aliphatic rings. The van der Waals surface area contributed by atoms with E-state index in [4.69, 9.17) is 5.73 Å². The number of nitrogen functional groups attached to an aromatic ring is 1. The third-order valence-corrected chi connectivity index (χ3v) is 4.22. The smallest absolute Gasteiger partial charge is 0.242 e. The summed E-state index contributed by atoms with van der Waals surface area (Å²) in [6.45, 7) is 8.46. The van der Waals surface area contributed by atoms with Crippen LogP contribution in [0.4, 0.5) is 5.69 Å². The van der Waals surface area contributed by atoms with Crippen molar-refractivity contribution in [2.75, 3.05) is 25.9 Å². The highest BCUT2D eigenvalue weighted by Crippen LogP contribution is 2.26. The second-order valence-corrected chi connectivity index (χ2v) is 5.84. The predicted octanol–water partition coefficient (Wildman–Crippen LogP) is 1.63. The third kappa shape index (κ3) is 2.45. The van der Waals surface area contributed by atoms with E-state index in [1.165, 1.54) is 5.56 Å². The first-order valence-corrected chi connectivity index (χ1v) is 6.68. The monoisotopic (exact) mass is 261 g/mol. The fraction of sp³-hybridized carbons (Fsp3) is 0.533. The van der Waals surface area contributed by atoms with E-state index in [1.54, 1.807) is 0 Å². The van der Waals surface area contributed by atoms with Crippen molar-refractivity contribution in [2.24, 2.45) is 0 Å². The first-order valence-electron chi connectivity index (χ1n) is 6.68. The van der Waals surface area contributed by atoms with Crippen LogP contribution in [0.5, 0.6) is 0 Å². The van der Waals surface area contributed by atoms with Crippen molar-refractivity contribution >= 4 is 11.6 Å². The molecule has 0 saturated carbocycles. The van der Waals surface area contributed by atoms with Gasteiger partial charge in [0.2, 0.25) is 5.91 Å². The molecule has 0 aromatic heterocycles. The van der Waals surface area contributed by atoms with Crippen molar-refractivity contribution in [2.45, 2.75) is 32.9 Å². The summed E-state index contributed by atoms with van der Waals surface area (Å²) in [4.78, 5) is 16.3. The number of nitrogens with two attached hydrogens (primary N) is 1. The number of benzene rings is 1. The van der Waals surface area contributed by atoms with Gasteiger partial charge in [-0.25, -0.2) is 0 Å². The van der Waals surface area contributed by atoms with E-state index in [9.17, 15) is 4.79 Å². The average Bonchev–Trinajstić information content (AvgIpc) is 2.36. The van der Waals surface area contributed by atoms with E-state index in [0.717, 1.165) is 30.9 Å². The number of carbonyl (C=O) groups is 1. The lowest BCUT2D eigenvalue weighted by Gasteiger charge is -2.45. The van der Waals surface area contributed by atoms with Crippen LogP contribution in [-0.2, 0) is 11.3 Å². The molecular formula is C15H23N3O. The molecule has 104 valence electrons. The Kier molecular flexibility index (Phi) is 3.54. The van der Waals surface area contributed by atoms with Gasteiger partial charge in [-0.05, 0) is 38.0 Å². The number of piperazine rings is 1. The van der Waals surface area contributed by atoms with Crippen LogP contribution in [0.3, 0.4) is 0 Å². The molecule has 0 aliphatic carbocycles. The van der Waals surface area contributed by atoms with Gasteiger partial charge in [0.1, 0.15) is 0 Å². The van der Waals surface area contributed by atoms with Crippen molar-refractivity contribution in [3.8, 4) is 0 Å². The van der Waals surface area contributed by atoms with Gasteiger partial charge in [0.05, 0.1) is 5.54 Å². The Bertz CT molecular complexity index is 496.